The monoisotopic (exact) mass is 439 g/mol. The second-order valence-corrected chi connectivity index (χ2v) is 7.47. The quantitative estimate of drug-likeness (QED) is 0.580. The molecule has 0 radical (unpaired) electrons. The van der Waals surface area contributed by atoms with Gasteiger partial charge in [-0.15, -0.1) is 0 Å². The first-order valence-electron chi connectivity index (χ1n) is 10.6. The van der Waals surface area contributed by atoms with Gasteiger partial charge in [-0.25, -0.2) is 4.99 Å². The van der Waals surface area contributed by atoms with Crippen molar-refractivity contribution in [2.75, 3.05) is 25.6 Å². The number of carbonyl (C=O) groups excluding carboxylic acids is 3. The molecule has 9 nitrogen and oxygen atoms in total. The summed E-state index contributed by atoms with van der Waals surface area (Å²) in [4.78, 5) is 44.3. The van der Waals surface area contributed by atoms with Crippen molar-refractivity contribution in [3.05, 3.63) is 53.3 Å². The lowest BCUT2D eigenvalue weighted by molar-refractivity contribution is -0.130. The fraction of sp³-hybridized carbons (Fsp3) is 0.391. The molecule has 2 aromatic rings. The fourth-order valence-corrected chi connectivity index (χ4v) is 3.96. The number of aliphatic imine (C=N–C) groups is 1. The second kappa shape index (κ2) is 9.35. The lowest BCUT2D eigenvalue weighted by atomic mass is 9.83. The Bertz CT molecular complexity index is 1070. The third kappa shape index (κ3) is 3.91. The number of ether oxygens (including phenoxy) is 1. The Balaban J connectivity index is 2.20. The average Bonchev–Trinajstić information content (AvgIpc) is 3.32. The van der Waals surface area contributed by atoms with Crippen LogP contribution in [0.2, 0.25) is 0 Å². The maximum Gasteiger partial charge on any atom is 0.266 e. The zero-order valence-electron chi connectivity index (χ0n) is 18.8. The lowest BCUT2D eigenvalue weighted by Gasteiger charge is -2.26. The van der Waals surface area contributed by atoms with E-state index in [0.717, 1.165) is 0 Å². The summed E-state index contributed by atoms with van der Waals surface area (Å²) in [5.74, 6) is -0.535. The molecule has 1 atom stereocenters. The summed E-state index contributed by atoms with van der Waals surface area (Å²) >= 11 is 0. The van der Waals surface area contributed by atoms with Gasteiger partial charge in [0.25, 0.3) is 5.91 Å². The maximum absolute atomic E-state index is 13.7. The predicted octanol–water partition coefficient (Wildman–Crippen LogP) is 2.11. The number of amides is 2. The summed E-state index contributed by atoms with van der Waals surface area (Å²) in [6.45, 7) is 6.38. The summed E-state index contributed by atoms with van der Waals surface area (Å²) in [6, 6.07) is 8.65. The fourth-order valence-electron chi connectivity index (χ4n) is 3.96. The van der Waals surface area contributed by atoms with Crippen LogP contribution in [-0.4, -0.2) is 53.3 Å². The zero-order valence-corrected chi connectivity index (χ0v) is 18.8. The molecule has 0 aliphatic carbocycles. The Kier molecular flexibility index (Phi) is 6.78. The number of carbonyl (C=O) groups is 3. The van der Waals surface area contributed by atoms with Crippen LogP contribution in [0.4, 0.5) is 5.69 Å². The SMILES string of the molecule is CCC(=O)c1cc(C2(c3cccc(NC(=O)COC)c3)N=C(N)N(CC)C2=O)cn1CC. The molecule has 0 fully saturated rings. The number of hydrogen-bond acceptors (Lipinski definition) is 6. The van der Waals surface area contributed by atoms with Crippen molar-refractivity contribution in [2.24, 2.45) is 10.7 Å². The number of nitrogens with two attached hydrogens (primary N) is 1. The van der Waals surface area contributed by atoms with Gasteiger partial charge in [-0.2, -0.15) is 0 Å². The molecule has 0 saturated carbocycles. The Morgan fingerprint density at radius 2 is 1.91 bits per heavy atom. The summed E-state index contributed by atoms with van der Waals surface area (Å²) in [6.07, 6.45) is 2.13. The number of anilines is 1. The molecular weight excluding hydrogens is 410 g/mol. The topological polar surface area (TPSA) is 119 Å². The van der Waals surface area contributed by atoms with Crippen molar-refractivity contribution in [2.45, 2.75) is 39.3 Å². The van der Waals surface area contributed by atoms with Crippen LogP contribution in [0.25, 0.3) is 0 Å². The first kappa shape index (κ1) is 23.2. The van der Waals surface area contributed by atoms with Crippen LogP contribution in [0, 0.1) is 0 Å². The number of likely N-dealkylation sites (N-methyl/N-ethyl adjacent to an activating group) is 1. The van der Waals surface area contributed by atoms with E-state index >= 15 is 0 Å². The number of rotatable bonds is 9. The van der Waals surface area contributed by atoms with Crippen molar-refractivity contribution >= 4 is 29.2 Å². The van der Waals surface area contributed by atoms with Gasteiger partial charge in [0.1, 0.15) is 6.61 Å². The number of Topliss-reactive ketones (excluding diaryl/α,β-unsaturated/α-hetero) is 1. The van der Waals surface area contributed by atoms with Crippen molar-refractivity contribution in [3.8, 4) is 0 Å². The number of methoxy groups -OCH3 is 1. The number of ketones is 1. The first-order chi connectivity index (χ1) is 15.3. The van der Waals surface area contributed by atoms with E-state index in [2.05, 4.69) is 10.3 Å². The number of hydrogen-bond donors (Lipinski definition) is 2. The Morgan fingerprint density at radius 3 is 2.50 bits per heavy atom. The van der Waals surface area contributed by atoms with Crippen LogP contribution in [0.3, 0.4) is 0 Å². The van der Waals surface area contributed by atoms with E-state index in [1.165, 1.54) is 12.0 Å². The molecule has 2 heterocycles. The van der Waals surface area contributed by atoms with Crippen LogP contribution >= 0.6 is 0 Å². The van der Waals surface area contributed by atoms with Gasteiger partial charge in [0.15, 0.2) is 17.3 Å². The van der Waals surface area contributed by atoms with Crippen LogP contribution in [-0.2, 0) is 26.4 Å². The maximum atomic E-state index is 13.7. The van der Waals surface area contributed by atoms with Gasteiger partial charge in [-0.05, 0) is 37.6 Å². The van der Waals surface area contributed by atoms with Gasteiger partial charge in [0.2, 0.25) is 5.91 Å². The molecule has 0 bridgehead atoms. The van der Waals surface area contributed by atoms with Crippen LogP contribution in [0.5, 0.6) is 0 Å². The Labute approximate surface area is 187 Å². The minimum Gasteiger partial charge on any atom is -0.375 e. The molecule has 1 aromatic heterocycles. The number of aryl methyl sites for hydroxylation is 1. The molecule has 9 heteroatoms. The molecule has 0 spiro atoms. The largest absolute Gasteiger partial charge is 0.375 e. The van der Waals surface area contributed by atoms with Gasteiger partial charge in [0, 0.05) is 44.1 Å². The highest BCUT2D eigenvalue weighted by atomic mass is 16.5. The smallest absolute Gasteiger partial charge is 0.266 e. The second-order valence-electron chi connectivity index (χ2n) is 7.47. The normalized spacial score (nSPS) is 18.1. The van der Waals surface area contributed by atoms with Crippen LogP contribution < -0.4 is 11.1 Å². The number of nitrogens with zero attached hydrogens (tertiary/aromatic N) is 3. The number of benzene rings is 1. The lowest BCUT2D eigenvalue weighted by Crippen LogP contribution is -2.43. The molecule has 32 heavy (non-hydrogen) atoms. The van der Waals surface area contributed by atoms with E-state index in [9.17, 15) is 14.4 Å². The molecule has 2 amide bonds. The van der Waals surface area contributed by atoms with Gasteiger partial charge in [-0.1, -0.05) is 19.1 Å². The molecule has 3 rings (SSSR count). The number of guanidine groups is 1. The highest BCUT2D eigenvalue weighted by molar-refractivity contribution is 6.09. The molecule has 170 valence electrons. The molecule has 1 aliphatic rings. The zero-order chi connectivity index (χ0) is 23.5. The summed E-state index contributed by atoms with van der Waals surface area (Å²) in [7, 11) is 1.44. The average molecular weight is 440 g/mol. The van der Waals surface area contributed by atoms with E-state index in [0.29, 0.717) is 42.0 Å². The molecule has 3 N–H and O–H groups in total. The van der Waals surface area contributed by atoms with Crippen LogP contribution in [0.15, 0.2) is 41.5 Å². The van der Waals surface area contributed by atoms with Crippen molar-refractivity contribution < 1.29 is 19.1 Å². The van der Waals surface area contributed by atoms with Gasteiger partial charge < -0.3 is 20.4 Å². The van der Waals surface area contributed by atoms with Gasteiger partial charge in [-0.3, -0.25) is 19.3 Å². The van der Waals surface area contributed by atoms with Crippen molar-refractivity contribution in [1.29, 1.82) is 0 Å². The molecule has 1 aliphatic heterocycles. The number of aromatic nitrogens is 1. The molecule has 1 unspecified atom stereocenters. The minimum atomic E-state index is -1.45. The van der Waals surface area contributed by atoms with E-state index < -0.39 is 5.54 Å². The summed E-state index contributed by atoms with van der Waals surface area (Å²) in [5, 5.41) is 2.75. The first-order valence-corrected chi connectivity index (χ1v) is 10.6. The molecule has 1 aromatic carbocycles. The van der Waals surface area contributed by atoms with E-state index in [-0.39, 0.29) is 30.2 Å². The molecular formula is C23H29N5O4. The van der Waals surface area contributed by atoms with Gasteiger partial charge >= 0.3 is 0 Å². The molecule has 0 saturated heterocycles. The summed E-state index contributed by atoms with van der Waals surface area (Å²) in [5.41, 5.74) is 6.81. The third-order valence-electron chi connectivity index (χ3n) is 5.53. The summed E-state index contributed by atoms with van der Waals surface area (Å²) < 4.78 is 6.69. The standard InChI is InChI=1S/C23H29N5O4/c1-5-19(29)18-12-16(13-27(18)6-2)23(21(31)28(7-3)22(24)26-23)15-9-8-10-17(11-15)25-20(30)14-32-4/h8-13H,5-7,14H2,1-4H3,(H2,24,26)(H,25,30). The highest BCUT2D eigenvalue weighted by Gasteiger charge is 2.51. The van der Waals surface area contributed by atoms with Crippen LogP contribution in [0.1, 0.15) is 48.8 Å². The highest BCUT2D eigenvalue weighted by Crippen LogP contribution is 2.41. The predicted molar refractivity (Wildman–Crippen MR) is 121 cm³/mol. The number of nitrogens with one attached hydrogen (secondary N) is 1. The van der Waals surface area contributed by atoms with Crippen molar-refractivity contribution in [3.63, 3.8) is 0 Å². The van der Waals surface area contributed by atoms with E-state index in [1.807, 2.05) is 18.4 Å². The van der Waals surface area contributed by atoms with E-state index in [1.54, 1.807) is 43.5 Å². The Hall–Kier alpha value is -3.46. The minimum absolute atomic E-state index is 0.0245. The third-order valence-corrected chi connectivity index (χ3v) is 5.53. The van der Waals surface area contributed by atoms with E-state index in [4.69, 9.17) is 10.5 Å². The Morgan fingerprint density at radius 1 is 1.16 bits per heavy atom. The van der Waals surface area contributed by atoms with Gasteiger partial charge in [0.05, 0.1) is 5.69 Å². The van der Waals surface area contributed by atoms with Crippen molar-refractivity contribution in [1.82, 2.24) is 9.47 Å².